The Labute approximate surface area is 317 Å². The molecule has 258 valence electrons. The number of para-hydroxylation sites is 2. The predicted octanol–water partition coefficient (Wildman–Crippen LogP) is 11.2. The molecule has 0 aliphatic carbocycles. The lowest BCUT2D eigenvalue weighted by Crippen LogP contribution is -2.03. The summed E-state index contributed by atoms with van der Waals surface area (Å²) in [6, 6.07) is 63.5. The van der Waals surface area contributed by atoms with Crippen LogP contribution < -0.4 is 0 Å². The molecule has 55 heavy (non-hydrogen) atoms. The fourth-order valence-corrected chi connectivity index (χ4v) is 7.11. The molecule has 0 N–H and O–H groups in total. The van der Waals surface area contributed by atoms with Gasteiger partial charge in [0.2, 0.25) is 0 Å². The first-order valence-corrected chi connectivity index (χ1v) is 18.1. The maximum Gasteiger partial charge on any atom is 0.164 e. The Hall–Kier alpha value is -7.64. The van der Waals surface area contributed by atoms with Crippen LogP contribution in [0.5, 0.6) is 0 Å². The van der Waals surface area contributed by atoms with E-state index in [1.165, 1.54) is 0 Å². The van der Waals surface area contributed by atoms with Gasteiger partial charge in [0, 0.05) is 49.8 Å². The number of nitrogens with zero attached hydrogens (tertiary/aromatic N) is 7. The van der Waals surface area contributed by atoms with Crippen molar-refractivity contribution in [2.45, 2.75) is 0 Å². The smallest absolute Gasteiger partial charge is 0.164 e. The molecule has 0 fully saturated rings. The number of hydrogen-bond acceptors (Lipinski definition) is 6. The third kappa shape index (κ3) is 5.99. The van der Waals surface area contributed by atoms with Crippen LogP contribution in [0.25, 0.3) is 95.8 Å². The molecule has 0 aliphatic heterocycles. The van der Waals surface area contributed by atoms with Crippen LogP contribution in [0.4, 0.5) is 0 Å². The van der Waals surface area contributed by atoms with Crippen molar-refractivity contribution < 1.29 is 0 Å². The zero-order valence-corrected chi connectivity index (χ0v) is 29.5. The summed E-state index contributed by atoms with van der Waals surface area (Å²) in [5.74, 6) is 3.37. The highest BCUT2D eigenvalue weighted by molar-refractivity contribution is 6.10. The second kappa shape index (κ2) is 13.7. The summed E-state index contributed by atoms with van der Waals surface area (Å²) in [7, 11) is 0. The highest BCUT2D eigenvalue weighted by atomic mass is 15.1. The summed E-state index contributed by atoms with van der Waals surface area (Å²) in [5, 5.41) is 2.28. The van der Waals surface area contributed by atoms with E-state index in [1.807, 2.05) is 121 Å². The van der Waals surface area contributed by atoms with E-state index in [-0.39, 0.29) is 0 Å². The Kier molecular flexibility index (Phi) is 8.00. The first kappa shape index (κ1) is 32.0. The van der Waals surface area contributed by atoms with Gasteiger partial charge in [-0.25, -0.2) is 29.9 Å². The van der Waals surface area contributed by atoms with E-state index in [4.69, 9.17) is 29.9 Å². The SMILES string of the molecule is c1ccc(-c2nc(-c3ccccc3)nc(-c3ccccc3-c3nc(-c4ccccc4)nc(-c4ccc5c(c4)c4ccccc4n5-c4ccccc4)n3)n2)cc1. The van der Waals surface area contributed by atoms with Gasteiger partial charge < -0.3 is 4.57 Å². The largest absolute Gasteiger partial charge is 0.309 e. The molecule has 0 aliphatic rings. The van der Waals surface area contributed by atoms with Gasteiger partial charge in [0.25, 0.3) is 0 Å². The molecule has 0 unspecified atom stereocenters. The molecular weight excluding hydrogens is 675 g/mol. The first-order valence-electron chi connectivity index (χ1n) is 18.1. The average Bonchev–Trinajstić information content (AvgIpc) is 3.61. The second-order valence-electron chi connectivity index (χ2n) is 13.2. The van der Waals surface area contributed by atoms with E-state index in [9.17, 15) is 0 Å². The molecule has 0 atom stereocenters. The van der Waals surface area contributed by atoms with Crippen LogP contribution in [0.1, 0.15) is 0 Å². The van der Waals surface area contributed by atoms with Crippen LogP contribution >= 0.6 is 0 Å². The molecule has 10 rings (SSSR count). The van der Waals surface area contributed by atoms with Gasteiger partial charge in [0.1, 0.15) is 0 Å². The summed E-state index contributed by atoms with van der Waals surface area (Å²) in [6.07, 6.45) is 0. The molecule has 7 aromatic carbocycles. The van der Waals surface area contributed by atoms with Gasteiger partial charge in [-0.1, -0.05) is 152 Å². The van der Waals surface area contributed by atoms with Gasteiger partial charge in [0.05, 0.1) is 11.0 Å². The van der Waals surface area contributed by atoms with Crippen molar-refractivity contribution in [3.63, 3.8) is 0 Å². The first-order chi connectivity index (χ1) is 27.3. The van der Waals surface area contributed by atoms with Gasteiger partial charge in [-0.3, -0.25) is 0 Å². The monoisotopic (exact) mass is 705 g/mol. The topological polar surface area (TPSA) is 82.3 Å². The Balaban J connectivity index is 1.17. The van der Waals surface area contributed by atoms with Gasteiger partial charge >= 0.3 is 0 Å². The predicted molar refractivity (Wildman–Crippen MR) is 220 cm³/mol. The fourth-order valence-electron chi connectivity index (χ4n) is 7.11. The van der Waals surface area contributed by atoms with E-state index in [0.717, 1.165) is 60.9 Å². The summed E-state index contributed by atoms with van der Waals surface area (Å²) >= 11 is 0. The Morgan fingerprint density at radius 3 is 1.16 bits per heavy atom. The molecule has 7 nitrogen and oxygen atoms in total. The van der Waals surface area contributed by atoms with Crippen LogP contribution in [-0.4, -0.2) is 34.5 Å². The van der Waals surface area contributed by atoms with Crippen LogP contribution in [-0.2, 0) is 0 Å². The van der Waals surface area contributed by atoms with Gasteiger partial charge in [-0.05, 0) is 36.4 Å². The van der Waals surface area contributed by atoms with Crippen molar-refractivity contribution in [1.29, 1.82) is 0 Å². The minimum atomic E-state index is 0.522. The van der Waals surface area contributed by atoms with Crippen molar-refractivity contribution in [2.24, 2.45) is 0 Å². The summed E-state index contributed by atoms with van der Waals surface area (Å²) in [6.45, 7) is 0. The molecule has 0 radical (unpaired) electrons. The maximum absolute atomic E-state index is 5.20. The minimum absolute atomic E-state index is 0.522. The van der Waals surface area contributed by atoms with E-state index in [2.05, 4.69) is 71.3 Å². The number of hydrogen-bond donors (Lipinski definition) is 0. The Bertz CT molecular complexity index is 2910. The number of fused-ring (bicyclic) bond motifs is 3. The molecule has 0 saturated carbocycles. The molecule has 3 heterocycles. The van der Waals surface area contributed by atoms with Gasteiger partial charge in [-0.2, -0.15) is 0 Å². The van der Waals surface area contributed by atoms with Crippen molar-refractivity contribution in [2.75, 3.05) is 0 Å². The molecule has 0 bridgehead atoms. The normalized spacial score (nSPS) is 11.3. The van der Waals surface area contributed by atoms with Crippen LogP contribution in [0.15, 0.2) is 188 Å². The number of benzene rings is 7. The zero-order valence-electron chi connectivity index (χ0n) is 29.5. The fraction of sp³-hybridized carbons (Fsp3) is 0. The number of rotatable bonds is 7. The van der Waals surface area contributed by atoms with Crippen molar-refractivity contribution in [3.05, 3.63) is 188 Å². The Morgan fingerprint density at radius 2 is 0.655 bits per heavy atom. The van der Waals surface area contributed by atoms with E-state index >= 15 is 0 Å². The summed E-state index contributed by atoms with van der Waals surface area (Å²) < 4.78 is 2.31. The van der Waals surface area contributed by atoms with E-state index in [0.29, 0.717) is 34.9 Å². The second-order valence-corrected chi connectivity index (χ2v) is 13.2. The van der Waals surface area contributed by atoms with E-state index < -0.39 is 0 Å². The summed E-state index contributed by atoms with van der Waals surface area (Å²) in [4.78, 5) is 30.4. The number of aromatic nitrogens is 7. The average molecular weight is 706 g/mol. The van der Waals surface area contributed by atoms with E-state index in [1.54, 1.807) is 0 Å². The highest BCUT2D eigenvalue weighted by Gasteiger charge is 2.20. The van der Waals surface area contributed by atoms with Gasteiger partial charge in [-0.15, -0.1) is 0 Å². The van der Waals surface area contributed by atoms with Crippen molar-refractivity contribution >= 4 is 21.8 Å². The lowest BCUT2D eigenvalue weighted by Gasteiger charge is -2.13. The molecule has 10 aromatic rings. The maximum atomic E-state index is 5.20. The molecular formula is C48H31N7. The minimum Gasteiger partial charge on any atom is -0.309 e. The van der Waals surface area contributed by atoms with Gasteiger partial charge in [0.15, 0.2) is 34.9 Å². The molecule has 0 spiro atoms. The van der Waals surface area contributed by atoms with Crippen LogP contribution in [0.3, 0.4) is 0 Å². The van der Waals surface area contributed by atoms with Crippen molar-refractivity contribution in [1.82, 2.24) is 34.5 Å². The summed E-state index contributed by atoms with van der Waals surface area (Å²) in [5.41, 5.74) is 8.51. The van der Waals surface area contributed by atoms with Crippen molar-refractivity contribution in [3.8, 4) is 74.0 Å². The lowest BCUT2D eigenvalue weighted by molar-refractivity contribution is 1.06. The zero-order chi connectivity index (χ0) is 36.6. The highest BCUT2D eigenvalue weighted by Crippen LogP contribution is 2.36. The lowest BCUT2D eigenvalue weighted by atomic mass is 10.0. The molecule has 3 aromatic heterocycles. The van der Waals surface area contributed by atoms with Crippen LogP contribution in [0, 0.1) is 0 Å². The third-order valence-electron chi connectivity index (χ3n) is 9.72. The van der Waals surface area contributed by atoms with Crippen LogP contribution in [0.2, 0.25) is 0 Å². The molecule has 7 heteroatoms. The standard InChI is InChI=1S/C48H31N7/c1-5-17-32(18-6-1)43-49-44(33-19-7-2-8-20-33)52-47(51-43)38-26-13-14-27-39(38)48-53-45(34-21-9-3-10-22-34)50-46(54-48)35-29-30-42-40(31-35)37-25-15-16-28-41(37)55(42)36-23-11-4-12-24-36/h1-31H. The molecule has 0 amide bonds. The Morgan fingerprint density at radius 1 is 0.273 bits per heavy atom. The quantitative estimate of drug-likeness (QED) is 0.164. The third-order valence-corrected chi connectivity index (χ3v) is 9.72. The molecule has 0 saturated heterocycles.